The van der Waals surface area contributed by atoms with Crippen molar-refractivity contribution in [2.45, 2.75) is 19.9 Å². The lowest BCUT2D eigenvalue weighted by Gasteiger charge is -2.09. The molecule has 3 rings (SSSR count). The molecule has 0 saturated carbocycles. The quantitative estimate of drug-likeness (QED) is 0.804. The number of fused-ring (bicyclic) bond motifs is 1. The number of carbonyl (C=O) groups is 1. The normalized spacial score (nSPS) is 10.7. The van der Waals surface area contributed by atoms with E-state index in [2.05, 4.69) is 12.2 Å². The van der Waals surface area contributed by atoms with E-state index in [1.165, 1.54) is 4.57 Å². The van der Waals surface area contributed by atoms with Crippen molar-refractivity contribution in [1.82, 2.24) is 4.57 Å². The maximum Gasteiger partial charge on any atom is 0.258 e. The number of hydrogen-bond donors (Lipinski definition) is 1. The molecule has 0 spiro atoms. The largest absolute Gasteiger partial charge is 0.325 e. The highest BCUT2D eigenvalue weighted by Gasteiger charge is 2.07. The SMILES string of the molecule is CCc1cccc(NC(=O)Cn2ccc3ccccc3c2=O)c1. The van der Waals surface area contributed by atoms with Gasteiger partial charge < -0.3 is 9.88 Å². The topological polar surface area (TPSA) is 51.1 Å². The molecule has 4 nitrogen and oxygen atoms in total. The predicted octanol–water partition coefficient (Wildman–Crippen LogP) is 3.20. The zero-order valence-electron chi connectivity index (χ0n) is 13.0. The summed E-state index contributed by atoms with van der Waals surface area (Å²) in [6.07, 6.45) is 2.57. The Morgan fingerprint density at radius 2 is 1.91 bits per heavy atom. The average molecular weight is 306 g/mol. The highest BCUT2D eigenvalue weighted by atomic mass is 16.2. The molecule has 0 radical (unpaired) electrons. The van der Waals surface area contributed by atoms with Crippen molar-refractivity contribution in [3.63, 3.8) is 0 Å². The second kappa shape index (κ2) is 6.48. The van der Waals surface area contributed by atoms with Crippen LogP contribution in [0.3, 0.4) is 0 Å². The van der Waals surface area contributed by atoms with Crippen LogP contribution in [0.5, 0.6) is 0 Å². The number of benzene rings is 2. The molecule has 0 aliphatic rings. The van der Waals surface area contributed by atoms with Gasteiger partial charge in [0.1, 0.15) is 6.54 Å². The van der Waals surface area contributed by atoms with E-state index in [4.69, 9.17) is 0 Å². The Hall–Kier alpha value is -2.88. The van der Waals surface area contributed by atoms with Crippen molar-refractivity contribution >= 4 is 22.4 Å². The van der Waals surface area contributed by atoms with Gasteiger partial charge in [0.2, 0.25) is 5.91 Å². The zero-order valence-corrected chi connectivity index (χ0v) is 13.0. The first-order valence-corrected chi connectivity index (χ1v) is 7.64. The van der Waals surface area contributed by atoms with Crippen molar-refractivity contribution in [1.29, 1.82) is 0 Å². The molecule has 4 heteroatoms. The second-order valence-corrected chi connectivity index (χ2v) is 5.44. The minimum atomic E-state index is -0.212. The average Bonchev–Trinajstić information content (AvgIpc) is 2.58. The summed E-state index contributed by atoms with van der Waals surface area (Å²) < 4.78 is 1.43. The first kappa shape index (κ1) is 15.0. The van der Waals surface area contributed by atoms with Crippen molar-refractivity contribution in [3.8, 4) is 0 Å². The number of aryl methyl sites for hydroxylation is 1. The number of amides is 1. The van der Waals surface area contributed by atoms with E-state index in [1.54, 1.807) is 12.3 Å². The van der Waals surface area contributed by atoms with E-state index in [0.717, 1.165) is 23.1 Å². The van der Waals surface area contributed by atoms with Crippen LogP contribution in [-0.4, -0.2) is 10.5 Å². The molecular weight excluding hydrogens is 288 g/mol. The molecule has 0 bridgehead atoms. The molecule has 1 N–H and O–H groups in total. The standard InChI is InChI=1S/C19H18N2O2/c1-2-14-6-5-8-16(12-14)20-18(22)13-21-11-10-15-7-3-4-9-17(15)19(21)23/h3-12H,2,13H2,1H3,(H,20,22). The molecule has 3 aromatic rings. The molecule has 0 atom stereocenters. The maximum absolute atomic E-state index is 12.4. The summed E-state index contributed by atoms with van der Waals surface area (Å²) in [7, 11) is 0. The Balaban J connectivity index is 1.80. The Morgan fingerprint density at radius 3 is 2.74 bits per heavy atom. The lowest BCUT2D eigenvalue weighted by molar-refractivity contribution is -0.116. The summed E-state index contributed by atoms with van der Waals surface area (Å²) in [6.45, 7) is 2.07. The summed E-state index contributed by atoms with van der Waals surface area (Å²) in [6, 6.07) is 16.9. The van der Waals surface area contributed by atoms with Gasteiger partial charge in [-0.15, -0.1) is 0 Å². The number of aromatic nitrogens is 1. The highest BCUT2D eigenvalue weighted by molar-refractivity contribution is 5.91. The van der Waals surface area contributed by atoms with Gasteiger partial charge in [0.15, 0.2) is 0 Å². The summed E-state index contributed by atoms with van der Waals surface area (Å²) >= 11 is 0. The molecule has 1 heterocycles. The van der Waals surface area contributed by atoms with Gasteiger partial charge in [0.05, 0.1) is 0 Å². The Kier molecular flexibility index (Phi) is 4.24. The third-order valence-corrected chi connectivity index (χ3v) is 3.82. The Morgan fingerprint density at radius 1 is 1.09 bits per heavy atom. The second-order valence-electron chi connectivity index (χ2n) is 5.44. The van der Waals surface area contributed by atoms with E-state index in [1.807, 2.05) is 48.5 Å². The van der Waals surface area contributed by atoms with Crippen molar-refractivity contribution in [2.24, 2.45) is 0 Å². The van der Waals surface area contributed by atoms with Gasteiger partial charge in [-0.05, 0) is 41.6 Å². The van der Waals surface area contributed by atoms with Crippen LogP contribution in [0.25, 0.3) is 10.8 Å². The number of pyridine rings is 1. The van der Waals surface area contributed by atoms with Crippen LogP contribution in [0.15, 0.2) is 65.6 Å². The summed E-state index contributed by atoms with van der Waals surface area (Å²) in [4.78, 5) is 24.6. The zero-order chi connectivity index (χ0) is 16.2. The molecule has 0 aliphatic carbocycles. The predicted molar refractivity (Wildman–Crippen MR) is 92.7 cm³/mol. The third kappa shape index (κ3) is 3.31. The summed E-state index contributed by atoms with van der Waals surface area (Å²) in [5.41, 5.74) is 1.76. The maximum atomic E-state index is 12.4. The molecule has 0 aliphatic heterocycles. The van der Waals surface area contributed by atoms with Gasteiger partial charge in [-0.2, -0.15) is 0 Å². The van der Waals surface area contributed by atoms with Crippen molar-refractivity contribution in [2.75, 3.05) is 5.32 Å². The van der Waals surface area contributed by atoms with Gasteiger partial charge in [-0.25, -0.2) is 0 Å². The molecule has 23 heavy (non-hydrogen) atoms. The van der Waals surface area contributed by atoms with Crippen molar-refractivity contribution in [3.05, 3.63) is 76.7 Å². The van der Waals surface area contributed by atoms with Gasteiger partial charge in [-0.3, -0.25) is 9.59 Å². The van der Waals surface area contributed by atoms with E-state index in [-0.39, 0.29) is 18.0 Å². The fourth-order valence-corrected chi connectivity index (χ4v) is 2.58. The van der Waals surface area contributed by atoms with Gasteiger partial charge in [0.25, 0.3) is 5.56 Å². The van der Waals surface area contributed by atoms with E-state index < -0.39 is 0 Å². The lowest BCUT2D eigenvalue weighted by atomic mass is 10.1. The van der Waals surface area contributed by atoms with Gasteiger partial charge >= 0.3 is 0 Å². The number of hydrogen-bond acceptors (Lipinski definition) is 2. The molecular formula is C19H18N2O2. The molecule has 1 amide bonds. The lowest BCUT2D eigenvalue weighted by Crippen LogP contribution is -2.27. The first-order chi connectivity index (χ1) is 11.2. The fraction of sp³-hybridized carbons (Fsp3) is 0.158. The number of anilines is 1. The number of nitrogens with one attached hydrogen (secondary N) is 1. The number of nitrogens with zero attached hydrogens (tertiary/aromatic N) is 1. The minimum absolute atomic E-state index is 0.0000201. The van der Waals surface area contributed by atoms with E-state index >= 15 is 0 Å². The summed E-state index contributed by atoms with van der Waals surface area (Å²) in [5, 5.41) is 4.34. The van der Waals surface area contributed by atoms with Crippen molar-refractivity contribution < 1.29 is 4.79 Å². The Bertz CT molecular complexity index is 912. The molecule has 2 aromatic carbocycles. The third-order valence-electron chi connectivity index (χ3n) is 3.82. The number of rotatable bonds is 4. The van der Waals surface area contributed by atoms with Crippen LogP contribution >= 0.6 is 0 Å². The van der Waals surface area contributed by atoms with Crippen LogP contribution < -0.4 is 10.9 Å². The first-order valence-electron chi connectivity index (χ1n) is 7.64. The molecule has 0 fully saturated rings. The minimum Gasteiger partial charge on any atom is -0.325 e. The number of carbonyl (C=O) groups excluding carboxylic acids is 1. The van der Waals surface area contributed by atoms with Gasteiger partial charge in [0, 0.05) is 17.3 Å². The fourth-order valence-electron chi connectivity index (χ4n) is 2.58. The van der Waals surface area contributed by atoms with Crippen LogP contribution in [0.2, 0.25) is 0 Å². The molecule has 0 saturated heterocycles. The monoisotopic (exact) mass is 306 g/mol. The smallest absolute Gasteiger partial charge is 0.258 e. The molecule has 116 valence electrons. The molecule has 1 aromatic heterocycles. The van der Waals surface area contributed by atoms with Crippen LogP contribution in [0.1, 0.15) is 12.5 Å². The molecule has 0 unspecified atom stereocenters. The van der Waals surface area contributed by atoms with Crippen LogP contribution in [0, 0.1) is 0 Å². The van der Waals surface area contributed by atoms with E-state index in [9.17, 15) is 9.59 Å². The van der Waals surface area contributed by atoms with Crippen LogP contribution in [-0.2, 0) is 17.8 Å². The highest BCUT2D eigenvalue weighted by Crippen LogP contribution is 2.11. The summed E-state index contributed by atoms with van der Waals surface area (Å²) in [5.74, 6) is -0.212. The van der Waals surface area contributed by atoms with Gasteiger partial charge in [-0.1, -0.05) is 37.3 Å². The van der Waals surface area contributed by atoms with Crippen LogP contribution in [0.4, 0.5) is 5.69 Å². The van der Waals surface area contributed by atoms with E-state index in [0.29, 0.717) is 5.39 Å². The Labute approximate surface area is 134 Å².